The Balaban J connectivity index is 4.35. The Morgan fingerprint density at radius 3 is 2.06 bits per heavy atom. The number of sulfonamides is 1. The van der Waals surface area contributed by atoms with Gasteiger partial charge >= 0.3 is 0 Å². The van der Waals surface area contributed by atoms with Crippen LogP contribution < -0.4 is 4.72 Å². The Morgan fingerprint density at radius 2 is 1.67 bits per heavy atom. The molecule has 0 saturated heterocycles. The first-order valence-electron chi connectivity index (χ1n) is 5.70. The minimum Gasteiger partial charge on any atom is -0.389 e. The summed E-state index contributed by atoms with van der Waals surface area (Å²) in [6.07, 6.45) is 1.44. The number of nitrogens with one attached hydrogen (secondary N) is 1. The molecule has 0 aliphatic heterocycles. The molecule has 1 unspecified atom stereocenters. The number of sulfone groups is 1. The van der Waals surface area contributed by atoms with Crippen molar-refractivity contribution in [1.29, 1.82) is 0 Å². The van der Waals surface area contributed by atoms with Gasteiger partial charge in [-0.1, -0.05) is 13.8 Å². The van der Waals surface area contributed by atoms with Crippen LogP contribution in [0.3, 0.4) is 0 Å². The van der Waals surface area contributed by atoms with Gasteiger partial charge in [0.25, 0.3) is 0 Å². The van der Waals surface area contributed by atoms with Gasteiger partial charge in [0.1, 0.15) is 9.84 Å². The zero-order valence-electron chi connectivity index (χ0n) is 11.3. The quantitative estimate of drug-likeness (QED) is 0.644. The highest BCUT2D eigenvalue weighted by Crippen LogP contribution is 2.15. The number of rotatable bonds is 8. The van der Waals surface area contributed by atoms with Gasteiger partial charge < -0.3 is 5.11 Å². The molecule has 0 heterocycles. The highest BCUT2D eigenvalue weighted by molar-refractivity contribution is 7.93. The van der Waals surface area contributed by atoms with Gasteiger partial charge in [0.05, 0.1) is 17.1 Å². The van der Waals surface area contributed by atoms with Crippen molar-refractivity contribution in [3.63, 3.8) is 0 Å². The van der Waals surface area contributed by atoms with Crippen LogP contribution >= 0.6 is 0 Å². The van der Waals surface area contributed by atoms with E-state index < -0.39 is 37.0 Å². The first kappa shape index (κ1) is 17.8. The van der Waals surface area contributed by atoms with E-state index in [4.69, 9.17) is 0 Å². The summed E-state index contributed by atoms with van der Waals surface area (Å²) in [5.74, 6) is -0.668. The third-order valence-electron chi connectivity index (χ3n) is 2.24. The second-order valence-electron chi connectivity index (χ2n) is 5.36. The van der Waals surface area contributed by atoms with Gasteiger partial charge in [0, 0.05) is 12.8 Å². The highest BCUT2D eigenvalue weighted by atomic mass is 32.2. The molecule has 2 N–H and O–H groups in total. The molecular formula is C10H23NO5S2. The molecule has 0 rings (SSSR count). The molecule has 0 amide bonds. The Kier molecular flexibility index (Phi) is 6.25. The molecule has 0 aromatic heterocycles. The van der Waals surface area contributed by atoms with E-state index in [0.717, 1.165) is 6.26 Å². The maximum absolute atomic E-state index is 11.5. The average molecular weight is 301 g/mol. The van der Waals surface area contributed by atoms with Crippen molar-refractivity contribution in [2.75, 3.05) is 24.3 Å². The molecule has 18 heavy (non-hydrogen) atoms. The lowest BCUT2D eigenvalue weighted by atomic mass is 9.95. The number of hydrogen-bond acceptors (Lipinski definition) is 5. The summed E-state index contributed by atoms with van der Waals surface area (Å²) < 4.78 is 47.0. The molecular weight excluding hydrogens is 278 g/mol. The van der Waals surface area contributed by atoms with Crippen LogP contribution in [-0.2, 0) is 19.9 Å². The molecule has 1 atom stereocenters. The van der Waals surface area contributed by atoms with Gasteiger partial charge in [0.2, 0.25) is 10.0 Å². The van der Waals surface area contributed by atoms with E-state index in [-0.39, 0.29) is 12.5 Å². The van der Waals surface area contributed by atoms with E-state index >= 15 is 0 Å². The predicted molar refractivity (Wildman–Crippen MR) is 71.6 cm³/mol. The summed E-state index contributed by atoms with van der Waals surface area (Å²) in [5, 5.41) is 9.93. The fourth-order valence-electron chi connectivity index (χ4n) is 1.55. The maximum Gasteiger partial charge on any atom is 0.212 e. The molecule has 0 aromatic carbocycles. The lowest BCUT2D eigenvalue weighted by Crippen LogP contribution is -2.42. The van der Waals surface area contributed by atoms with E-state index in [0.29, 0.717) is 6.42 Å². The van der Waals surface area contributed by atoms with Gasteiger partial charge in [-0.2, -0.15) is 0 Å². The standard InChI is InChI=1S/C10H23NO5S2/c1-9(2)7-10(3,12)8-11-18(15,16)6-5-17(4,13)14/h9,11-12H,5-8H2,1-4H3. The molecule has 0 saturated carbocycles. The lowest BCUT2D eigenvalue weighted by Gasteiger charge is -2.25. The zero-order chi connectivity index (χ0) is 14.6. The minimum atomic E-state index is -3.67. The molecule has 0 spiro atoms. The van der Waals surface area contributed by atoms with Crippen LogP contribution in [0.4, 0.5) is 0 Å². The Morgan fingerprint density at radius 1 is 1.17 bits per heavy atom. The van der Waals surface area contributed by atoms with E-state index in [1.807, 2.05) is 13.8 Å². The third kappa shape index (κ3) is 9.81. The second-order valence-corrected chi connectivity index (χ2v) is 9.55. The largest absolute Gasteiger partial charge is 0.389 e. The van der Waals surface area contributed by atoms with Crippen LogP contribution in [0.25, 0.3) is 0 Å². The molecule has 0 aromatic rings. The highest BCUT2D eigenvalue weighted by Gasteiger charge is 2.24. The number of hydrogen-bond donors (Lipinski definition) is 2. The van der Waals surface area contributed by atoms with Gasteiger partial charge in [-0.25, -0.2) is 21.6 Å². The Labute approximate surface area is 110 Å². The van der Waals surface area contributed by atoms with E-state index in [1.54, 1.807) is 6.92 Å². The summed E-state index contributed by atoms with van der Waals surface area (Å²) in [6, 6.07) is 0. The van der Waals surface area contributed by atoms with Crippen LogP contribution in [0.1, 0.15) is 27.2 Å². The van der Waals surface area contributed by atoms with Crippen molar-refractivity contribution in [1.82, 2.24) is 4.72 Å². The van der Waals surface area contributed by atoms with Crippen LogP contribution in [0.15, 0.2) is 0 Å². The molecule has 8 heteroatoms. The van der Waals surface area contributed by atoms with Crippen molar-refractivity contribution in [2.45, 2.75) is 32.8 Å². The monoisotopic (exact) mass is 301 g/mol. The third-order valence-corrected chi connectivity index (χ3v) is 4.77. The first-order chi connectivity index (χ1) is 7.83. The summed E-state index contributed by atoms with van der Waals surface area (Å²) in [7, 11) is -6.98. The maximum atomic E-state index is 11.5. The van der Waals surface area contributed by atoms with E-state index in [2.05, 4.69) is 4.72 Å². The van der Waals surface area contributed by atoms with Crippen LogP contribution in [-0.4, -0.2) is 51.8 Å². The minimum absolute atomic E-state index is 0.114. The fraction of sp³-hybridized carbons (Fsp3) is 1.00. The second kappa shape index (κ2) is 6.31. The Bertz CT molecular complexity index is 451. The normalized spacial score (nSPS) is 16.8. The SMILES string of the molecule is CC(C)CC(C)(O)CNS(=O)(=O)CCS(C)(=O)=O. The van der Waals surface area contributed by atoms with Gasteiger partial charge in [-0.3, -0.25) is 0 Å². The molecule has 0 aliphatic carbocycles. The summed E-state index contributed by atoms with van der Waals surface area (Å²) in [6.45, 7) is 5.28. The molecule has 0 aliphatic rings. The lowest BCUT2D eigenvalue weighted by molar-refractivity contribution is 0.0437. The molecule has 0 radical (unpaired) electrons. The summed E-state index contributed by atoms with van der Waals surface area (Å²) >= 11 is 0. The van der Waals surface area contributed by atoms with Gasteiger partial charge in [0.15, 0.2) is 0 Å². The van der Waals surface area contributed by atoms with Crippen molar-refractivity contribution in [2.24, 2.45) is 5.92 Å². The summed E-state index contributed by atoms with van der Waals surface area (Å²) in [5.41, 5.74) is -1.13. The average Bonchev–Trinajstić information content (AvgIpc) is 2.09. The van der Waals surface area contributed by atoms with Crippen LogP contribution in [0, 0.1) is 5.92 Å². The van der Waals surface area contributed by atoms with E-state index in [9.17, 15) is 21.9 Å². The summed E-state index contributed by atoms with van der Waals surface area (Å²) in [4.78, 5) is 0. The zero-order valence-corrected chi connectivity index (χ0v) is 12.9. The van der Waals surface area contributed by atoms with Crippen molar-refractivity contribution < 1.29 is 21.9 Å². The topological polar surface area (TPSA) is 101 Å². The smallest absolute Gasteiger partial charge is 0.212 e. The van der Waals surface area contributed by atoms with Crippen molar-refractivity contribution in [3.8, 4) is 0 Å². The van der Waals surface area contributed by atoms with Crippen molar-refractivity contribution in [3.05, 3.63) is 0 Å². The molecule has 6 nitrogen and oxygen atoms in total. The Hall–Kier alpha value is -0.180. The van der Waals surface area contributed by atoms with Gasteiger partial charge in [-0.15, -0.1) is 0 Å². The van der Waals surface area contributed by atoms with Gasteiger partial charge in [-0.05, 0) is 19.3 Å². The fourth-order valence-corrected chi connectivity index (χ4v) is 4.31. The van der Waals surface area contributed by atoms with Crippen LogP contribution in [0.2, 0.25) is 0 Å². The molecule has 0 bridgehead atoms. The molecule has 0 fully saturated rings. The predicted octanol–water partition coefficient (Wildman–Crippen LogP) is -0.252. The van der Waals surface area contributed by atoms with E-state index in [1.165, 1.54) is 0 Å². The van der Waals surface area contributed by atoms with Crippen LogP contribution in [0.5, 0.6) is 0 Å². The molecule has 110 valence electrons. The van der Waals surface area contributed by atoms with Crippen molar-refractivity contribution >= 4 is 19.9 Å². The number of aliphatic hydroxyl groups is 1. The first-order valence-corrected chi connectivity index (χ1v) is 9.42.